The summed E-state index contributed by atoms with van der Waals surface area (Å²) in [6.45, 7) is 5.30. The summed E-state index contributed by atoms with van der Waals surface area (Å²) in [4.78, 5) is 0. The van der Waals surface area contributed by atoms with Gasteiger partial charge >= 0.3 is 0 Å². The van der Waals surface area contributed by atoms with E-state index in [9.17, 15) is 5.11 Å². The van der Waals surface area contributed by atoms with Gasteiger partial charge in [0.2, 0.25) is 0 Å². The summed E-state index contributed by atoms with van der Waals surface area (Å²) in [5.41, 5.74) is 3.83. The van der Waals surface area contributed by atoms with Gasteiger partial charge < -0.3 is 10.4 Å². The van der Waals surface area contributed by atoms with Gasteiger partial charge in [-0.05, 0) is 49.6 Å². The van der Waals surface area contributed by atoms with Crippen molar-refractivity contribution in [1.29, 1.82) is 0 Å². The highest BCUT2D eigenvalue weighted by Crippen LogP contribution is 2.20. The zero-order valence-corrected chi connectivity index (χ0v) is 12.3. The van der Waals surface area contributed by atoms with Crippen LogP contribution in [-0.4, -0.2) is 11.7 Å². The SMILES string of the molecule is CCCNC(Cc1ccc(O)cc1)c1ccc(C)cc1. The van der Waals surface area contributed by atoms with Gasteiger partial charge in [0.25, 0.3) is 0 Å². The molecule has 2 heteroatoms. The Kier molecular flexibility index (Phi) is 5.19. The number of aryl methyl sites for hydroxylation is 1. The second kappa shape index (κ2) is 7.11. The van der Waals surface area contributed by atoms with Gasteiger partial charge in [-0.1, -0.05) is 48.9 Å². The maximum Gasteiger partial charge on any atom is 0.115 e. The average molecular weight is 269 g/mol. The van der Waals surface area contributed by atoms with Crippen LogP contribution in [0.5, 0.6) is 5.75 Å². The van der Waals surface area contributed by atoms with Gasteiger partial charge in [0.1, 0.15) is 5.75 Å². The topological polar surface area (TPSA) is 32.3 Å². The summed E-state index contributed by atoms with van der Waals surface area (Å²) in [7, 11) is 0. The highest BCUT2D eigenvalue weighted by molar-refractivity contribution is 5.29. The van der Waals surface area contributed by atoms with Crippen molar-refractivity contribution in [3.63, 3.8) is 0 Å². The maximum atomic E-state index is 9.36. The van der Waals surface area contributed by atoms with E-state index >= 15 is 0 Å². The van der Waals surface area contributed by atoms with Crippen molar-refractivity contribution in [2.45, 2.75) is 32.7 Å². The van der Waals surface area contributed by atoms with Gasteiger partial charge in [-0.3, -0.25) is 0 Å². The fraction of sp³-hybridized carbons (Fsp3) is 0.333. The lowest BCUT2D eigenvalue weighted by molar-refractivity contribution is 0.474. The Hall–Kier alpha value is -1.80. The molecule has 106 valence electrons. The van der Waals surface area contributed by atoms with E-state index in [2.05, 4.69) is 43.4 Å². The van der Waals surface area contributed by atoms with Gasteiger partial charge in [0.15, 0.2) is 0 Å². The third-order valence-electron chi connectivity index (χ3n) is 3.50. The molecule has 0 aliphatic rings. The minimum Gasteiger partial charge on any atom is -0.508 e. The molecule has 0 spiro atoms. The molecule has 0 amide bonds. The molecule has 0 aliphatic heterocycles. The zero-order chi connectivity index (χ0) is 14.4. The van der Waals surface area contributed by atoms with E-state index in [0.717, 1.165) is 19.4 Å². The molecule has 1 atom stereocenters. The smallest absolute Gasteiger partial charge is 0.115 e. The Morgan fingerprint density at radius 1 is 1.00 bits per heavy atom. The van der Waals surface area contributed by atoms with Crippen molar-refractivity contribution in [2.24, 2.45) is 0 Å². The number of aromatic hydroxyl groups is 1. The molecule has 20 heavy (non-hydrogen) atoms. The van der Waals surface area contributed by atoms with E-state index in [4.69, 9.17) is 0 Å². The van der Waals surface area contributed by atoms with Crippen LogP contribution in [0.2, 0.25) is 0 Å². The van der Waals surface area contributed by atoms with E-state index in [0.29, 0.717) is 11.8 Å². The van der Waals surface area contributed by atoms with Gasteiger partial charge in [-0.25, -0.2) is 0 Å². The molecule has 2 N–H and O–H groups in total. The number of benzene rings is 2. The van der Waals surface area contributed by atoms with Crippen LogP contribution in [-0.2, 0) is 6.42 Å². The molecule has 0 aliphatic carbocycles. The highest BCUT2D eigenvalue weighted by atomic mass is 16.3. The van der Waals surface area contributed by atoms with E-state index in [1.54, 1.807) is 12.1 Å². The van der Waals surface area contributed by atoms with Crippen molar-refractivity contribution in [3.8, 4) is 5.75 Å². The first-order valence-electron chi connectivity index (χ1n) is 7.27. The molecule has 0 radical (unpaired) electrons. The lowest BCUT2D eigenvalue weighted by Gasteiger charge is -2.19. The third kappa shape index (κ3) is 4.10. The Labute approximate surface area is 121 Å². The first-order valence-corrected chi connectivity index (χ1v) is 7.27. The Morgan fingerprint density at radius 3 is 2.25 bits per heavy atom. The lowest BCUT2D eigenvalue weighted by Crippen LogP contribution is -2.24. The standard InChI is InChI=1S/C18H23NO/c1-3-12-19-18(16-8-4-14(2)5-9-16)13-15-6-10-17(20)11-7-15/h4-11,18-20H,3,12-13H2,1-2H3. The number of rotatable bonds is 6. The number of phenols is 1. The number of hydrogen-bond acceptors (Lipinski definition) is 2. The minimum atomic E-state index is 0.320. The summed E-state index contributed by atoms with van der Waals surface area (Å²) < 4.78 is 0. The fourth-order valence-corrected chi connectivity index (χ4v) is 2.29. The van der Waals surface area contributed by atoms with E-state index in [-0.39, 0.29) is 0 Å². The van der Waals surface area contributed by atoms with Crippen molar-refractivity contribution < 1.29 is 5.11 Å². The van der Waals surface area contributed by atoms with Crippen LogP contribution in [0.3, 0.4) is 0 Å². The molecular weight excluding hydrogens is 246 g/mol. The van der Waals surface area contributed by atoms with E-state index in [1.165, 1.54) is 16.7 Å². The fourth-order valence-electron chi connectivity index (χ4n) is 2.29. The van der Waals surface area contributed by atoms with Crippen LogP contribution in [0.15, 0.2) is 48.5 Å². The third-order valence-corrected chi connectivity index (χ3v) is 3.50. The predicted octanol–water partition coefficient (Wildman–Crippen LogP) is 3.98. The Bertz CT molecular complexity index is 516. The van der Waals surface area contributed by atoms with Crippen LogP contribution in [0.25, 0.3) is 0 Å². The van der Waals surface area contributed by atoms with Crippen LogP contribution in [0.4, 0.5) is 0 Å². The van der Waals surface area contributed by atoms with Crippen LogP contribution in [0, 0.1) is 6.92 Å². The van der Waals surface area contributed by atoms with Crippen LogP contribution in [0.1, 0.15) is 36.1 Å². The first kappa shape index (κ1) is 14.6. The number of nitrogens with one attached hydrogen (secondary N) is 1. The monoisotopic (exact) mass is 269 g/mol. The molecule has 0 bridgehead atoms. The summed E-state index contributed by atoms with van der Waals surface area (Å²) in [5, 5.41) is 13.0. The van der Waals surface area contributed by atoms with E-state index < -0.39 is 0 Å². The molecule has 0 heterocycles. The van der Waals surface area contributed by atoms with Crippen molar-refractivity contribution in [3.05, 3.63) is 65.2 Å². The molecule has 0 aromatic heterocycles. The molecule has 2 aromatic carbocycles. The largest absolute Gasteiger partial charge is 0.508 e. The van der Waals surface area contributed by atoms with Crippen molar-refractivity contribution in [1.82, 2.24) is 5.32 Å². The normalized spacial score (nSPS) is 12.3. The average Bonchev–Trinajstić information content (AvgIpc) is 2.46. The van der Waals surface area contributed by atoms with Crippen molar-refractivity contribution >= 4 is 0 Å². The van der Waals surface area contributed by atoms with Gasteiger partial charge in [-0.2, -0.15) is 0 Å². The van der Waals surface area contributed by atoms with Gasteiger partial charge in [0.05, 0.1) is 0 Å². The summed E-state index contributed by atoms with van der Waals surface area (Å²) in [5.74, 6) is 0.321. The minimum absolute atomic E-state index is 0.320. The number of hydrogen-bond donors (Lipinski definition) is 2. The molecule has 2 nitrogen and oxygen atoms in total. The molecule has 0 saturated heterocycles. The quantitative estimate of drug-likeness (QED) is 0.831. The summed E-state index contributed by atoms with van der Waals surface area (Å²) in [6, 6.07) is 16.5. The van der Waals surface area contributed by atoms with E-state index in [1.807, 2.05) is 12.1 Å². The van der Waals surface area contributed by atoms with Crippen molar-refractivity contribution in [2.75, 3.05) is 6.54 Å². The Balaban J connectivity index is 2.14. The lowest BCUT2D eigenvalue weighted by atomic mass is 9.98. The molecular formula is C18H23NO. The molecule has 2 aromatic rings. The van der Waals surface area contributed by atoms with Gasteiger partial charge in [-0.15, -0.1) is 0 Å². The second-order valence-electron chi connectivity index (χ2n) is 5.29. The van der Waals surface area contributed by atoms with Gasteiger partial charge in [0, 0.05) is 6.04 Å². The summed E-state index contributed by atoms with van der Waals surface area (Å²) >= 11 is 0. The zero-order valence-electron chi connectivity index (χ0n) is 12.3. The number of phenolic OH excluding ortho intramolecular Hbond substituents is 1. The van der Waals surface area contributed by atoms with Crippen LogP contribution < -0.4 is 5.32 Å². The molecule has 0 fully saturated rings. The Morgan fingerprint density at radius 2 is 1.65 bits per heavy atom. The predicted molar refractivity (Wildman–Crippen MR) is 84.0 cm³/mol. The second-order valence-corrected chi connectivity index (χ2v) is 5.29. The van der Waals surface area contributed by atoms with Crippen LogP contribution >= 0.6 is 0 Å². The molecule has 2 rings (SSSR count). The summed E-state index contributed by atoms with van der Waals surface area (Å²) in [6.07, 6.45) is 2.06. The molecule has 1 unspecified atom stereocenters. The molecule has 0 saturated carbocycles. The maximum absolute atomic E-state index is 9.36. The first-order chi connectivity index (χ1) is 9.69. The highest BCUT2D eigenvalue weighted by Gasteiger charge is 2.11.